The van der Waals surface area contributed by atoms with Gasteiger partial charge < -0.3 is 4.74 Å². The predicted octanol–water partition coefficient (Wildman–Crippen LogP) is 3.27. The molecule has 0 atom stereocenters. The summed E-state index contributed by atoms with van der Waals surface area (Å²) >= 11 is 2.22. The van der Waals surface area contributed by atoms with Gasteiger partial charge in [-0.15, -0.1) is 0 Å². The molecule has 2 nitrogen and oxygen atoms in total. The van der Waals surface area contributed by atoms with Gasteiger partial charge in [-0.05, 0) is 34.2 Å². The number of ether oxygens (including phenoxy) is 1. The summed E-state index contributed by atoms with van der Waals surface area (Å²) in [5.74, 6) is 0.884. The molecule has 2 rings (SSSR count). The van der Waals surface area contributed by atoms with E-state index in [1.165, 1.54) is 5.56 Å². The lowest BCUT2D eigenvalue weighted by molar-refractivity contribution is 0.303. The number of hydrogen-bond donors (Lipinski definition) is 0. The van der Waals surface area contributed by atoms with Crippen LogP contribution >= 0.6 is 22.6 Å². The lowest BCUT2D eigenvalue weighted by atomic mass is 10.2. The number of pyridine rings is 1. The van der Waals surface area contributed by atoms with Crippen molar-refractivity contribution in [2.24, 2.45) is 0 Å². The Hall–Kier alpha value is -1.10. The minimum absolute atomic E-state index is 0.598. The van der Waals surface area contributed by atoms with Gasteiger partial charge in [-0.25, -0.2) is 0 Å². The van der Waals surface area contributed by atoms with E-state index in [1.807, 2.05) is 36.4 Å². The fourth-order valence-electron chi connectivity index (χ4n) is 1.21. The number of hydrogen-bond acceptors (Lipinski definition) is 2. The van der Waals surface area contributed by atoms with Crippen molar-refractivity contribution in [3.63, 3.8) is 0 Å². The summed E-state index contributed by atoms with van der Waals surface area (Å²) in [6.07, 6.45) is 3.53. The summed E-state index contributed by atoms with van der Waals surface area (Å²) in [5.41, 5.74) is 1.17. The molecule has 0 aliphatic carbocycles. The Kier molecular flexibility index (Phi) is 3.55. The third-order valence-electron chi connectivity index (χ3n) is 1.97. The Morgan fingerprint density at radius 2 is 1.93 bits per heavy atom. The average molecular weight is 311 g/mol. The molecule has 1 aromatic carbocycles. The van der Waals surface area contributed by atoms with Gasteiger partial charge in [0.15, 0.2) is 0 Å². The van der Waals surface area contributed by atoms with Crippen molar-refractivity contribution in [2.75, 3.05) is 0 Å². The van der Waals surface area contributed by atoms with Gasteiger partial charge in [0.05, 0.1) is 3.57 Å². The van der Waals surface area contributed by atoms with E-state index in [2.05, 4.69) is 27.6 Å². The standard InChI is InChI=1S/C12H10INO/c13-11-8-14-7-6-12(11)15-9-10-4-2-1-3-5-10/h1-8H,9H2. The molecule has 1 heterocycles. The Balaban J connectivity index is 2.03. The summed E-state index contributed by atoms with van der Waals surface area (Å²) in [4.78, 5) is 4.01. The molecule has 0 amide bonds. The maximum Gasteiger partial charge on any atom is 0.136 e. The minimum Gasteiger partial charge on any atom is -0.488 e. The molecule has 0 aliphatic rings. The van der Waals surface area contributed by atoms with Crippen LogP contribution in [0.4, 0.5) is 0 Å². The molecule has 0 fully saturated rings. The highest BCUT2D eigenvalue weighted by Crippen LogP contribution is 2.19. The topological polar surface area (TPSA) is 22.1 Å². The van der Waals surface area contributed by atoms with E-state index < -0.39 is 0 Å². The lowest BCUT2D eigenvalue weighted by Gasteiger charge is -2.07. The van der Waals surface area contributed by atoms with Crippen molar-refractivity contribution >= 4 is 22.6 Å². The normalized spacial score (nSPS) is 9.93. The van der Waals surface area contributed by atoms with Gasteiger partial charge >= 0.3 is 0 Å². The molecular formula is C12H10INO. The van der Waals surface area contributed by atoms with Crippen LogP contribution in [0.25, 0.3) is 0 Å². The Labute approximate surface area is 102 Å². The molecule has 0 saturated heterocycles. The lowest BCUT2D eigenvalue weighted by Crippen LogP contribution is -1.96. The molecule has 3 heteroatoms. The Morgan fingerprint density at radius 1 is 1.13 bits per heavy atom. The van der Waals surface area contributed by atoms with Gasteiger partial charge in [-0.3, -0.25) is 4.98 Å². The largest absolute Gasteiger partial charge is 0.488 e. The molecule has 15 heavy (non-hydrogen) atoms. The summed E-state index contributed by atoms with van der Waals surface area (Å²) in [7, 11) is 0. The van der Waals surface area contributed by atoms with E-state index in [-0.39, 0.29) is 0 Å². The van der Waals surface area contributed by atoms with Crippen LogP contribution in [-0.4, -0.2) is 4.98 Å². The van der Waals surface area contributed by atoms with Gasteiger partial charge in [0.2, 0.25) is 0 Å². The van der Waals surface area contributed by atoms with Gasteiger partial charge in [0.1, 0.15) is 12.4 Å². The number of nitrogens with zero attached hydrogens (tertiary/aromatic N) is 1. The summed E-state index contributed by atoms with van der Waals surface area (Å²) < 4.78 is 6.71. The predicted molar refractivity (Wildman–Crippen MR) is 67.7 cm³/mol. The zero-order chi connectivity index (χ0) is 10.5. The molecule has 0 unspecified atom stereocenters. The van der Waals surface area contributed by atoms with Crippen LogP contribution in [-0.2, 0) is 6.61 Å². The molecule has 76 valence electrons. The van der Waals surface area contributed by atoms with E-state index in [1.54, 1.807) is 12.4 Å². The quantitative estimate of drug-likeness (QED) is 0.812. The summed E-state index contributed by atoms with van der Waals surface area (Å²) in [6.45, 7) is 0.598. The average Bonchev–Trinajstić information content (AvgIpc) is 2.29. The second kappa shape index (κ2) is 5.11. The molecule has 0 N–H and O–H groups in total. The molecule has 0 spiro atoms. The Bertz CT molecular complexity index is 431. The third kappa shape index (κ3) is 2.92. The van der Waals surface area contributed by atoms with Crippen LogP contribution in [0.5, 0.6) is 5.75 Å². The summed E-state index contributed by atoms with van der Waals surface area (Å²) in [6, 6.07) is 12.0. The first-order valence-corrected chi connectivity index (χ1v) is 5.70. The van der Waals surface area contributed by atoms with E-state index in [4.69, 9.17) is 4.74 Å². The zero-order valence-corrected chi connectivity index (χ0v) is 10.2. The zero-order valence-electron chi connectivity index (χ0n) is 8.06. The number of rotatable bonds is 3. The van der Waals surface area contributed by atoms with Crippen LogP contribution in [0.15, 0.2) is 48.8 Å². The highest BCUT2D eigenvalue weighted by molar-refractivity contribution is 14.1. The van der Waals surface area contributed by atoms with Crippen LogP contribution in [0.2, 0.25) is 0 Å². The molecule has 2 aromatic rings. The smallest absolute Gasteiger partial charge is 0.136 e. The molecule has 0 aliphatic heterocycles. The highest BCUT2D eigenvalue weighted by atomic mass is 127. The highest BCUT2D eigenvalue weighted by Gasteiger charge is 1.99. The first-order chi connectivity index (χ1) is 7.36. The minimum atomic E-state index is 0.598. The SMILES string of the molecule is Ic1cnccc1OCc1ccccc1. The second-order valence-corrected chi connectivity index (χ2v) is 4.24. The third-order valence-corrected chi connectivity index (χ3v) is 2.78. The molecule has 1 aromatic heterocycles. The maximum atomic E-state index is 5.68. The van der Waals surface area contributed by atoms with Crippen LogP contribution in [0, 0.1) is 3.57 Å². The molecule has 0 bridgehead atoms. The van der Waals surface area contributed by atoms with Crippen LogP contribution in [0.1, 0.15) is 5.56 Å². The fraction of sp³-hybridized carbons (Fsp3) is 0.0833. The Morgan fingerprint density at radius 3 is 2.67 bits per heavy atom. The van der Waals surface area contributed by atoms with E-state index in [0.29, 0.717) is 6.61 Å². The second-order valence-electron chi connectivity index (χ2n) is 3.08. The van der Waals surface area contributed by atoms with E-state index in [9.17, 15) is 0 Å². The maximum absolute atomic E-state index is 5.68. The van der Waals surface area contributed by atoms with Crippen LogP contribution < -0.4 is 4.74 Å². The van der Waals surface area contributed by atoms with Crippen molar-refractivity contribution in [1.82, 2.24) is 4.98 Å². The van der Waals surface area contributed by atoms with Gasteiger partial charge in [-0.2, -0.15) is 0 Å². The monoisotopic (exact) mass is 311 g/mol. The summed E-state index contributed by atoms with van der Waals surface area (Å²) in [5, 5.41) is 0. The van der Waals surface area contributed by atoms with Crippen molar-refractivity contribution in [2.45, 2.75) is 6.61 Å². The van der Waals surface area contributed by atoms with Gasteiger partial charge in [0, 0.05) is 12.4 Å². The van der Waals surface area contributed by atoms with E-state index >= 15 is 0 Å². The molecule has 0 radical (unpaired) electrons. The number of halogens is 1. The van der Waals surface area contributed by atoms with Gasteiger partial charge in [-0.1, -0.05) is 30.3 Å². The molecule has 0 saturated carbocycles. The van der Waals surface area contributed by atoms with E-state index in [0.717, 1.165) is 9.32 Å². The van der Waals surface area contributed by atoms with Crippen molar-refractivity contribution in [3.8, 4) is 5.75 Å². The number of aromatic nitrogens is 1. The first kappa shape index (κ1) is 10.4. The fourth-order valence-corrected chi connectivity index (χ4v) is 1.71. The first-order valence-electron chi connectivity index (χ1n) is 4.62. The van der Waals surface area contributed by atoms with Crippen molar-refractivity contribution < 1.29 is 4.74 Å². The molecular weight excluding hydrogens is 301 g/mol. The number of benzene rings is 1. The van der Waals surface area contributed by atoms with Crippen LogP contribution in [0.3, 0.4) is 0 Å². The van der Waals surface area contributed by atoms with Crippen molar-refractivity contribution in [3.05, 3.63) is 57.9 Å². The van der Waals surface area contributed by atoms with Crippen molar-refractivity contribution in [1.29, 1.82) is 0 Å². The van der Waals surface area contributed by atoms with Gasteiger partial charge in [0.25, 0.3) is 0 Å².